The number of nitrogens with one attached hydrogen (secondary N) is 1. The van der Waals surface area contributed by atoms with Crippen molar-refractivity contribution in [2.24, 2.45) is 52.1 Å². The van der Waals surface area contributed by atoms with Crippen molar-refractivity contribution in [3.63, 3.8) is 0 Å². The fourth-order valence-electron chi connectivity index (χ4n) is 9.35. The lowest BCUT2D eigenvalue weighted by Crippen LogP contribution is -2.55. The zero-order valence-corrected chi connectivity index (χ0v) is 20.6. The summed E-state index contributed by atoms with van der Waals surface area (Å²) < 4.78 is 4.91. The van der Waals surface area contributed by atoms with Crippen LogP contribution in [0.2, 0.25) is 0 Å². The van der Waals surface area contributed by atoms with Crippen LogP contribution in [0.1, 0.15) is 91.4 Å². The maximum absolute atomic E-state index is 11.7. The number of methoxy groups -OCH3 is 1. The molecule has 0 bridgehead atoms. The zero-order chi connectivity index (χ0) is 22.2. The molecule has 0 aromatic carbocycles. The van der Waals surface area contributed by atoms with E-state index < -0.39 is 0 Å². The Kier molecular flexibility index (Phi) is 7.09. The van der Waals surface area contributed by atoms with Gasteiger partial charge in [0, 0.05) is 25.6 Å². The molecule has 4 nitrogen and oxygen atoms in total. The zero-order valence-electron chi connectivity index (χ0n) is 20.6. The van der Waals surface area contributed by atoms with Gasteiger partial charge in [0.25, 0.3) is 0 Å². The number of ether oxygens (including phenoxy) is 1. The molecule has 9 atom stereocenters. The first kappa shape index (κ1) is 23.5. The lowest BCUT2D eigenvalue weighted by atomic mass is 9.44. The third-order valence-electron chi connectivity index (χ3n) is 11.0. The van der Waals surface area contributed by atoms with Crippen molar-refractivity contribution in [3.8, 4) is 0 Å². The highest BCUT2D eigenvalue weighted by Gasteiger charge is 2.60. The highest BCUT2D eigenvalue weighted by Crippen LogP contribution is 2.68. The van der Waals surface area contributed by atoms with Gasteiger partial charge in [-0.2, -0.15) is 0 Å². The Bertz CT molecular complexity index is 639. The van der Waals surface area contributed by atoms with Gasteiger partial charge in [-0.3, -0.25) is 4.79 Å². The first-order valence-corrected chi connectivity index (χ1v) is 13.3. The van der Waals surface area contributed by atoms with Crippen molar-refractivity contribution in [2.45, 2.75) is 97.4 Å². The lowest BCUT2D eigenvalue weighted by molar-refractivity contribution is -0.141. The highest BCUT2D eigenvalue weighted by molar-refractivity contribution is 5.69. The van der Waals surface area contributed by atoms with E-state index in [1.54, 1.807) is 0 Å². The lowest BCUT2D eigenvalue weighted by Gasteiger charge is -2.61. The van der Waals surface area contributed by atoms with Gasteiger partial charge in [0.15, 0.2) is 0 Å². The van der Waals surface area contributed by atoms with Crippen LogP contribution in [-0.4, -0.2) is 32.2 Å². The third kappa shape index (κ3) is 4.21. The van der Waals surface area contributed by atoms with Crippen molar-refractivity contribution in [3.05, 3.63) is 0 Å². The number of nitrogens with two attached hydrogens (primary N) is 1. The Morgan fingerprint density at radius 3 is 2.55 bits per heavy atom. The van der Waals surface area contributed by atoms with Crippen LogP contribution in [0.3, 0.4) is 0 Å². The Hall–Kier alpha value is -0.610. The van der Waals surface area contributed by atoms with E-state index in [1.807, 2.05) is 0 Å². The first-order chi connectivity index (χ1) is 14.8. The molecule has 178 valence electrons. The van der Waals surface area contributed by atoms with Crippen LogP contribution >= 0.6 is 0 Å². The molecule has 0 spiro atoms. The minimum absolute atomic E-state index is 0.0435. The smallest absolute Gasteiger partial charge is 0.305 e. The Labute approximate surface area is 190 Å². The van der Waals surface area contributed by atoms with Crippen LogP contribution in [0.5, 0.6) is 0 Å². The van der Waals surface area contributed by atoms with Gasteiger partial charge in [0.2, 0.25) is 0 Å². The summed E-state index contributed by atoms with van der Waals surface area (Å²) in [5.74, 6) is 5.04. The average molecular weight is 433 g/mol. The summed E-state index contributed by atoms with van der Waals surface area (Å²) in [6, 6.07) is 0.693. The molecule has 4 heteroatoms. The maximum Gasteiger partial charge on any atom is 0.305 e. The third-order valence-corrected chi connectivity index (χ3v) is 11.0. The van der Waals surface area contributed by atoms with Crippen molar-refractivity contribution in [1.29, 1.82) is 0 Å². The van der Waals surface area contributed by atoms with E-state index in [4.69, 9.17) is 10.5 Å². The molecular weight excluding hydrogens is 384 g/mol. The van der Waals surface area contributed by atoms with Crippen LogP contribution < -0.4 is 11.1 Å². The Balaban J connectivity index is 1.43. The van der Waals surface area contributed by atoms with Gasteiger partial charge >= 0.3 is 5.97 Å². The predicted octanol–water partition coefficient (Wildman–Crippen LogP) is 5.15. The number of hydrogen-bond donors (Lipinski definition) is 2. The van der Waals surface area contributed by atoms with Crippen LogP contribution in [0.4, 0.5) is 0 Å². The van der Waals surface area contributed by atoms with E-state index >= 15 is 0 Å². The number of fused-ring (bicyclic) bond motifs is 5. The highest BCUT2D eigenvalue weighted by atomic mass is 16.5. The first-order valence-electron chi connectivity index (χ1n) is 13.3. The van der Waals surface area contributed by atoms with Crippen LogP contribution in [0.15, 0.2) is 0 Å². The second-order valence-electron chi connectivity index (χ2n) is 12.2. The second kappa shape index (κ2) is 9.33. The number of esters is 1. The van der Waals surface area contributed by atoms with E-state index in [1.165, 1.54) is 64.9 Å². The van der Waals surface area contributed by atoms with Crippen molar-refractivity contribution in [2.75, 3.05) is 20.2 Å². The van der Waals surface area contributed by atoms with Gasteiger partial charge in [-0.25, -0.2) is 0 Å². The largest absolute Gasteiger partial charge is 0.469 e. The molecule has 0 heterocycles. The van der Waals surface area contributed by atoms with Crippen molar-refractivity contribution in [1.82, 2.24) is 5.32 Å². The summed E-state index contributed by atoms with van der Waals surface area (Å²) in [7, 11) is 1.51. The topological polar surface area (TPSA) is 64.3 Å². The summed E-state index contributed by atoms with van der Waals surface area (Å²) in [4.78, 5) is 11.7. The second-order valence-corrected chi connectivity index (χ2v) is 12.2. The molecule has 4 fully saturated rings. The fraction of sp³-hybridized carbons (Fsp3) is 0.963. The molecule has 0 amide bonds. The van der Waals surface area contributed by atoms with Gasteiger partial charge in [-0.1, -0.05) is 20.8 Å². The summed E-state index contributed by atoms with van der Waals surface area (Å²) in [5.41, 5.74) is 6.78. The summed E-state index contributed by atoms with van der Waals surface area (Å²) >= 11 is 0. The molecule has 4 rings (SSSR count). The molecule has 31 heavy (non-hydrogen) atoms. The number of hydrogen-bond acceptors (Lipinski definition) is 4. The standard InChI is InChI=1S/C27H48N2O2/c1-18(5-10-25(30)31-4)22-8-9-23-21-7-6-19-17-20(29-16-15-28)11-13-26(19,2)24(21)12-14-27(22,23)3/h18-24,29H,5-17,28H2,1-4H3/t18?,19?,20-,21?,22?,23?,24?,26?,27?/m1/s1. The monoisotopic (exact) mass is 432 g/mol. The van der Waals surface area contributed by atoms with Crippen LogP contribution in [0, 0.1) is 46.3 Å². The van der Waals surface area contributed by atoms with Gasteiger partial charge in [-0.15, -0.1) is 0 Å². The molecule has 0 radical (unpaired) electrons. The predicted molar refractivity (Wildman–Crippen MR) is 126 cm³/mol. The maximum atomic E-state index is 11.7. The van der Waals surface area contributed by atoms with Gasteiger partial charge < -0.3 is 15.8 Å². The minimum Gasteiger partial charge on any atom is -0.469 e. The SMILES string of the molecule is COC(=O)CCC(C)C1CCC2C3CCC4C[C@H](NCCN)CCC4(C)C3CCC12C. The molecule has 3 N–H and O–H groups in total. The van der Waals surface area contributed by atoms with E-state index in [0.29, 0.717) is 29.2 Å². The molecule has 4 aliphatic rings. The van der Waals surface area contributed by atoms with Crippen molar-refractivity contribution < 1.29 is 9.53 Å². The summed E-state index contributed by atoms with van der Waals surface area (Å²) in [6.07, 6.45) is 14.2. The quantitative estimate of drug-likeness (QED) is 0.546. The molecule has 4 saturated carbocycles. The normalized spacial score (nSPS) is 45.3. The molecular formula is C27H48N2O2. The van der Waals surface area contributed by atoms with Crippen molar-refractivity contribution >= 4 is 5.97 Å². The number of carbonyl (C=O) groups is 1. The van der Waals surface area contributed by atoms with Crippen LogP contribution in [0.25, 0.3) is 0 Å². The Morgan fingerprint density at radius 2 is 1.81 bits per heavy atom. The molecule has 4 aliphatic carbocycles. The minimum atomic E-state index is -0.0435. The molecule has 0 aliphatic heterocycles. The van der Waals surface area contributed by atoms with E-state index in [0.717, 1.165) is 49.1 Å². The summed E-state index contributed by atoms with van der Waals surface area (Å²) in [6.45, 7) is 9.42. The molecule has 0 aromatic heterocycles. The van der Waals surface area contributed by atoms with Gasteiger partial charge in [0.1, 0.15) is 0 Å². The Morgan fingerprint density at radius 1 is 1.06 bits per heavy atom. The molecule has 0 aromatic rings. The molecule has 8 unspecified atom stereocenters. The number of carbonyl (C=O) groups excluding carboxylic acids is 1. The number of rotatable bonds is 7. The van der Waals surface area contributed by atoms with Gasteiger partial charge in [-0.05, 0) is 111 Å². The van der Waals surface area contributed by atoms with E-state index in [-0.39, 0.29) is 5.97 Å². The average Bonchev–Trinajstić information content (AvgIpc) is 3.13. The van der Waals surface area contributed by atoms with Gasteiger partial charge in [0.05, 0.1) is 7.11 Å². The van der Waals surface area contributed by atoms with E-state index in [2.05, 4.69) is 26.1 Å². The summed E-state index contributed by atoms with van der Waals surface area (Å²) in [5, 5.41) is 3.72. The fourth-order valence-corrected chi connectivity index (χ4v) is 9.35. The van der Waals surface area contributed by atoms with E-state index in [9.17, 15) is 4.79 Å². The molecule has 0 saturated heterocycles. The van der Waals surface area contributed by atoms with Crippen LogP contribution in [-0.2, 0) is 9.53 Å².